The van der Waals surface area contributed by atoms with Crippen molar-refractivity contribution in [2.24, 2.45) is 0 Å². The number of fused-ring (bicyclic) bond motifs is 1. The number of pyridine rings is 1. The third-order valence-corrected chi connectivity index (χ3v) is 8.22. The number of methoxy groups -OCH3 is 1. The van der Waals surface area contributed by atoms with Gasteiger partial charge in [0, 0.05) is 18.7 Å². The number of carbonyl (C=O) groups excluding carboxylic acids is 1. The molecule has 0 radical (unpaired) electrons. The van der Waals surface area contributed by atoms with E-state index in [0.29, 0.717) is 10.9 Å². The molecule has 4 rings (SSSR count). The van der Waals surface area contributed by atoms with E-state index < -0.39 is 9.84 Å². The van der Waals surface area contributed by atoms with Crippen LogP contribution in [0, 0.1) is 6.92 Å². The summed E-state index contributed by atoms with van der Waals surface area (Å²) in [5.74, 6) is 0.389. The molecule has 176 valence electrons. The maximum Gasteiger partial charge on any atom is 0.229 e. The lowest BCUT2D eigenvalue weighted by Crippen LogP contribution is -2.30. The van der Waals surface area contributed by atoms with Gasteiger partial charge in [0.1, 0.15) is 5.75 Å². The summed E-state index contributed by atoms with van der Waals surface area (Å²) in [4.78, 5) is 24.1. The van der Waals surface area contributed by atoms with Crippen LogP contribution in [0.25, 0.3) is 10.2 Å². The molecule has 34 heavy (non-hydrogen) atoms. The first-order valence-corrected chi connectivity index (χ1v) is 13.3. The normalized spacial score (nSPS) is 11.5. The number of sulfone groups is 1. The number of benzene rings is 2. The van der Waals surface area contributed by atoms with Gasteiger partial charge in [-0.25, -0.2) is 13.4 Å². The Morgan fingerprint density at radius 2 is 1.88 bits per heavy atom. The van der Waals surface area contributed by atoms with E-state index in [0.717, 1.165) is 21.5 Å². The molecule has 0 atom stereocenters. The Kier molecular flexibility index (Phi) is 7.23. The second-order valence-electron chi connectivity index (χ2n) is 7.87. The van der Waals surface area contributed by atoms with Crippen LogP contribution in [0.5, 0.6) is 5.75 Å². The minimum Gasteiger partial charge on any atom is -0.497 e. The molecular formula is C25H25N3O4S2. The maximum absolute atomic E-state index is 13.3. The Bertz CT molecular complexity index is 1380. The molecule has 4 aromatic rings. The van der Waals surface area contributed by atoms with Gasteiger partial charge in [0.05, 0.1) is 40.2 Å². The number of hydrogen-bond donors (Lipinski definition) is 0. The highest BCUT2D eigenvalue weighted by molar-refractivity contribution is 7.91. The van der Waals surface area contributed by atoms with Crippen molar-refractivity contribution in [3.8, 4) is 5.75 Å². The molecule has 0 fully saturated rings. The summed E-state index contributed by atoms with van der Waals surface area (Å²) >= 11 is 1.40. The molecule has 2 aromatic carbocycles. The van der Waals surface area contributed by atoms with Crippen LogP contribution in [0.2, 0.25) is 0 Å². The highest BCUT2D eigenvalue weighted by Crippen LogP contribution is 2.32. The summed E-state index contributed by atoms with van der Waals surface area (Å²) in [5.41, 5.74) is 2.45. The van der Waals surface area contributed by atoms with Gasteiger partial charge < -0.3 is 4.74 Å². The summed E-state index contributed by atoms with van der Waals surface area (Å²) < 4.78 is 31.6. The highest BCUT2D eigenvalue weighted by Gasteiger charge is 2.22. The molecule has 0 saturated heterocycles. The average Bonchev–Trinajstić information content (AvgIpc) is 3.26. The Morgan fingerprint density at radius 1 is 1.09 bits per heavy atom. The van der Waals surface area contributed by atoms with E-state index in [4.69, 9.17) is 4.74 Å². The Balaban J connectivity index is 1.53. The fourth-order valence-electron chi connectivity index (χ4n) is 3.47. The molecule has 0 spiro atoms. The average molecular weight is 496 g/mol. The van der Waals surface area contributed by atoms with E-state index >= 15 is 0 Å². The maximum atomic E-state index is 13.3. The van der Waals surface area contributed by atoms with Gasteiger partial charge in [0.2, 0.25) is 5.91 Å². The van der Waals surface area contributed by atoms with Crippen molar-refractivity contribution in [1.82, 2.24) is 9.97 Å². The topological polar surface area (TPSA) is 89.5 Å². The fraction of sp³-hybridized carbons (Fsp3) is 0.240. The number of aromatic nitrogens is 2. The van der Waals surface area contributed by atoms with Crippen molar-refractivity contribution in [3.63, 3.8) is 0 Å². The molecule has 0 aliphatic heterocycles. The first-order chi connectivity index (χ1) is 16.4. The fourth-order valence-corrected chi connectivity index (χ4v) is 5.74. The van der Waals surface area contributed by atoms with Gasteiger partial charge >= 0.3 is 0 Å². The Hall–Kier alpha value is -3.30. The standard InChI is InChI=1S/C25H25N3O4S2/c1-18-8-11-21(12-9-18)34(30,31)15-5-7-24(29)28(17-19-6-3-4-14-26-19)25-27-22-16-20(32-2)10-13-23(22)33-25/h3-4,6,8-14,16H,5,7,15,17H2,1-2H3. The number of carbonyl (C=O) groups is 1. The van der Waals surface area contributed by atoms with Crippen LogP contribution in [0.15, 0.2) is 71.8 Å². The number of ether oxygens (including phenoxy) is 1. The van der Waals surface area contributed by atoms with Gasteiger partial charge in [-0.3, -0.25) is 14.7 Å². The lowest BCUT2D eigenvalue weighted by Gasteiger charge is -2.19. The predicted molar refractivity (Wildman–Crippen MR) is 134 cm³/mol. The first kappa shape index (κ1) is 23.8. The van der Waals surface area contributed by atoms with E-state index in [-0.39, 0.29) is 35.9 Å². The van der Waals surface area contributed by atoms with Gasteiger partial charge in [-0.15, -0.1) is 0 Å². The molecule has 0 aliphatic rings. The summed E-state index contributed by atoms with van der Waals surface area (Å²) in [5, 5.41) is 0.542. The van der Waals surface area contributed by atoms with Crippen LogP contribution in [0.1, 0.15) is 24.1 Å². The lowest BCUT2D eigenvalue weighted by atomic mass is 10.2. The molecule has 0 unspecified atom stereocenters. The Morgan fingerprint density at radius 3 is 2.59 bits per heavy atom. The smallest absolute Gasteiger partial charge is 0.229 e. The number of hydrogen-bond acceptors (Lipinski definition) is 7. The molecular weight excluding hydrogens is 470 g/mol. The Labute approximate surface area is 203 Å². The number of amides is 1. The van der Waals surface area contributed by atoms with Crippen LogP contribution in [0.4, 0.5) is 5.13 Å². The quantitative estimate of drug-likeness (QED) is 0.332. The van der Waals surface area contributed by atoms with E-state index in [9.17, 15) is 13.2 Å². The van der Waals surface area contributed by atoms with Crippen molar-refractivity contribution >= 4 is 42.4 Å². The summed E-state index contributed by atoms with van der Waals surface area (Å²) in [7, 11) is -1.87. The van der Waals surface area contributed by atoms with Gasteiger partial charge in [0.25, 0.3) is 0 Å². The lowest BCUT2D eigenvalue weighted by molar-refractivity contribution is -0.118. The van der Waals surface area contributed by atoms with E-state index in [2.05, 4.69) is 9.97 Å². The van der Waals surface area contributed by atoms with Crippen LogP contribution in [0.3, 0.4) is 0 Å². The number of nitrogens with zero attached hydrogens (tertiary/aromatic N) is 3. The number of thiazole rings is 1. The molecule has 2 heterocycles. The third kappa shape index (κ3) is 5.60. The number of anilines is 1. The van der Waals surface area contributed by atoms with Crippen LogP contribution in [-0.2, 0) is 21.2 Å². The van der Waals surface area contributed by atoms with Gasteiger partial charge in [-0.1, -0.05) is 35.1 Å². The molecule has 7 nitrogen and oxygen atoms in total. The van der Waals surface area contributed by atoms with Gasteiger partial charge in [-0.05, 0) is 49.7 Å². The molecule has 1 amide bonds. The minimum absolute atomic E-state index is 0.0805. The molecule has 2 aromatic heterocycles. The van der Waals surface area contributed by atoms with Crippen molar-refractivity contribution in [3.05, 3.63) is 78.1 Å². The molecule has 0 aliphatic carbocycles. The zero-order valence-electron chi connectivity index (χ0n) is 19.0. The largest absolute Gasteiger partial charge is 0.497 e. The second kappa shape index (κ2) is 10.3. The number of aryl methyl sites for hydroxylation is 1. The van der Waals surface area contributed by atoms with Gasteiger partial charge in [-0.2, -0.15) is 0 Å². The molecule has 0 N–H and O–H groups in total. The van der Waals surface area contributed by atoms with Crippen molar-refractivity contribution in [2.45, 2.75) is 31.2 Å². The monoisotopic (exact) mass is 495 g/mol. The highest BCUT2D eigenvalue weighted by atomic mass is 32.2. The van der Waals surface area contributed by atoms with E-state index in [1.165, 1.54) is 11.3 Å². The summed E-state index contributed by atoms with van der Waals surface area (Å²) in [6, 6.07) is 17.9. The van der Waals surface area contributed by atoms with Gasteiger partial charge in [0.15, 0.2) is 15.0 Å². The number of rotatable bonds is 9. The van der Waals surface area contributed by atoms with Crippen LogP contribution in [-0.4, -0.2) is 37.2 Å². The third-order valence-electron chi connectivity index (χ3n) is 5.35. The van der Waals surface area contributed by atoms with Crippen molar-refractivity contribution in [2.75, 3.05) is 17.8 Å². The molecule has 0 bridgehead atoms. The van der Waals surface area contributed by atoms with Crippen molar-refractivity contribution in [1.29, 1.82) is 0 Å². The van der Waals surface area contributed by atoms with E-state index in [1.807, 2.05) is 43.3 Å². The zero-order valence-corrected chi connectivity index (χ0v) is 20.6. The first-order valence-electron chi connectivity index (χ1n) is 10.8. The summed E-state index contributed by atoms with van der Waals surface area (Å²) in [6.07, 6.45) is 1.97. The minimum atomic E-state index is -3.46. The second-order valence-corrected chi connectivity index (χ2v) is 11.0. The SMILES string of the molecule is COc1ccc2sc(N(Cc3ccccn3)C(=O)CCCS(=O)(=O)c3ccc(C)cc3)nc2c1. The van der Waals surface area contributed by atoms with E-state index in [1.54, 1.807) is 42.5 Å². The zero-order chi connectivity index (χ0) is 24.1. The van der Waals surface area contributed by atoms with Crippen LogP contribution < -0.4 is 9.64 Å². The summed E-state index contributed by atoms with van der Waals surface area (Å²) in [6.45, 7) is 2.16. The van der Waals surface area contributed by atoms with Crippen molar-refractivity contribution < 1.29 is 17.9 Å². The molecule has 9 heteroatoms. The predicted octanol–water partition coefficient (Wildman–Crippen LogP) is 4.80. The molecule has 0 saturated carbocycles. The van der Waals surface area contributed by atoms with Crippen LogP contribution >= 0.6 is 11.3 Å².